The summed E-state index contributed by atoms with van der Waals surface area (Å²) in [4.78, 5) is 15.9. The third-order valence-corrected chi connectivity index (χ3v) is 6.32. The number of rotatable bonds is 2. The number of hydrogen-bond acceptors (Lipinski definition) is 4. The van der Waals surface area contributed by atoms with Crippen LogP contribution in [0.25, 0.3) is 6.08 Å². The van der Waals surface area contributed by atoms with E-state index in [4.69, 9.17) is 0 Å². The molecule has 2 aromatic carbocycles. The molecule has 150 valence electrons. The topological polar surface area (TPSA) is 67.9 Å². The summed E-state index contributed by atoms with van der Waals surface area (Å²) in [5.41, 5.74) is 1.81. The van der Waals surface area contributed by atoms with Gasteiger partial charge in [-0.15, -0.1) is 0 Å². The number of nitrogens with zero attached hydrogens (tertiary/aromatic N) is 3. The summed E-state index contributed by atoms with van der Waals surface area (Å²) in [5, 5.41) is 20.7. The van der Waals surface area contributed by atoms with E-state index in [-0.39, 0.29) is 5.78 Å². The van der Waals surface area contributed by atoms with Crippen LogP contribution in [0.2, 0.25) is 0 Å². The molecule has 4 nitrogen and oxygen atoms in total. The Morgan fingerprint density at radius 2 is 1.77 bits per heavy atom. The largest absolute Gasteiger partial charge is 0.351 e. The van der Waals surface area contributed by atoms with E-state index < -0.39 is 28.8 Å². The van der Waals surface area contributed by atoms with E-state index in [1.54, 1.807) is 0 Å². The van der Waals surface area contributed by atoms with E-state index in [1.165, 1.54) is 0 Å². The fraction of sp³-hybridized carbons (Fsp3) is 0.346. The summed E-state index contributed by atoms with van der Waals surface area (Å²) in [6.45, 7) is 7.70. The van der Waals surface area contributed by atoms with E-state index in [1.807, 2.05) is 93.3 Å². The minimum absolute atomic E-state index is 0.0384. The van der Waals surface area contributed by atoms with E-state index in [0.717, 1.165) is 22.4 Å². The number of para-hydroxylation sites is 1. The van der Waals surface area contributed by atoms with Gasteiger partial charge in [-0.05, 0) is 24.1 Å². The number of ketones is 1. The van der Waals surface area contributed by atoms with Crippen LogP contribution in [0.1, 0.15) is 43.4 Å². The van der Waals surface area contributed by atoms with Crippen LogP contribution < -0.4 is 4.90 Å². The number of carbonyl (C=O) groups is 1. The van der Waals surface area contributed by atoms with Gasteiger partial charge in [-0.3, -0.25) is 4.79 Å². The predicted molar refractivity (Wildman–Crippen MR) is 118 cm³/mol. The van der Waals surface area contributed by atoms with Crippen LogP contribution in [-0.4, -0.2) is 17.9 Å². The molecule has 2 aliphatic rings. The van der Waals surface area contributed by atoms with Crippen LogP contribution in [-0.2, 0) is 4.79 Å². The molecule has 0 amide bonds. The van der Waals surface area contributed by atoms with Crippen molar-refractivity contribution in [3.63, 3.8) is 0 Å². The molecular formula is C26H25N3O. The van der Waals surface area contributed by atoms with Gasteiger partial charge < -0.3 is 4.90 Å². The highest BCUT2D eigenvalue weighted by molar-refractivity contribution is 5.96. The molecule has 0 aromatic heterocycles. The molecule has 0 bridgehead atoms. The van der Waals surface area contributed by atoms with Gasteiger partial charge >= 0.3 is 0 Å². The summed E-state index contributed by atoms with van der Waals surface area (Å²) in [5.74, 6) is -0.517. The van der Waals surface area contributed by atoms with Crippen molar-refractivity contribution in [2.75, 3.05) is 4.90 Å². The Morgan fingerprint density at radius 3 is 2.40 bits per heavy atom. The Bertz CT molecular complexity index is 1110. The molecule has 0 N–H and O–H groups in total. The Morgan fingerprint density at radius 1 is 1.07 bits per heavy atom. The standard InChI is InChI=1S/C26H25N3O/c1-17-8-7-10-19(14-17)22-23(24(30)25(2,3)4)29-20-11-6-5-9-18(20)12-13-21(29)26(22,15-27)16-28/h5-14,21-23H,1-4H3/t21-,22+,23+/m0/s1. The second-order valence-corrected chi connectivity index (χ2v) is 9.31. The normalized spacial score (nSPS) is 23.8. The van der Waals surface area contributed by atoms with Crippen molar-refractivity contribution in [2.45, 2.75) is 45.7 Å². The van der Waals surface area contributed by atoms with E-state index >= 15 is 0 Å². The Labute approximate surface area is 178 Å². The molecule has 4 heteroatoms. The number of hydrogen-bond donors (Lipinski definition) is 0. The first-order valence-corrected chi connectivity index (χ1v) is 10.2. The lowest BCUT2D eigenvalue weighted by atomic mass is 9.67. The second kappa shape index (κ2) is 6.85. The number of Topliss-reactive ketones (excluding diaryl/α,β-unsaturated/α-hetero) is 1. The minimum atomic E-state index is -1.37. The number of nitriles is 2. The second-order valence-electron chi connectivity index (χ2n) is 9.31. The molecule has 0 unspecified atom stereocenters. The van der Waals surface area contributed by atoms with Gasteiger partial charge in [0.1, 0.15) is 0 Å². The molecule has 0 saturated carbocycles. The molecule has 0 aliphatic carbocycles. The SMILES string of the molecule is Cc1cccc([C@@H]2[C@H](C(=O)C(C)(C)C)N3c4ccccc4C=C[C@H]3C2(C#N)C#N)c1. The van der Waals surface area contributed by atoms with Crippen LogP contribution in [0.15, 0.2) is 54.6 Å². The van der Waals surface area contributed by atoms with Crippen LogP contribution in [0.3, 0.4) is 0 Å². The van der Waals surface area contributed by atoms with Crippen molar-refractivity contribution in [3.8, 4) is 12.1 Å². The maximum atomic E-state index is 13.8. The maximum absolute atomic E-state index is 13.8. The molecule has 2 aliphatic heterocycles. The average Bonchev–Trinajstić information content (AvgIpc) is 3.03. The first-order valence-electron chi connectivity index (χ1n) is 10.2. The zero-order valence-electron chi connectivity index (χ0n) is 17.8. The summed E-state index contributed by atoms with van der Waals surface area (Å²) in [6.07, 6.45) is 3.89. The van der Waals surface area contributed by atoms with Crippen molar-refractivity contribution in [1.82, 2.24) is 0 Å². The van der Waals surface area contributed by atoms with Crippen LogP contribution in [0, 0.1) is 40.4 Å². The van der Waals surface area contributed by atoms with Crippen molar-refractivity contribution >= 4 is 17.5 Å². The van der Waals surface area contributed by atoms with E-state index in [0.29, 0.717) is 0 Å². The first-order chi connectivity index (χ1) is 14.2. The average molecular weight is 396 g/mol. The number of aryl methyl sites for hydroxylation is 1. The number of benzene rings is 2. The lowest BCUT2D eigenvalue weighted by molar-refractivity contribution is -0.127. The first kappa shape index (κ1) is 19.9. The van der Waals surface area contributed by atoms with Crippen molar-refractivity contribution in [1.29, 1.82) is 10.5 Å². The Kier molecular flexibility index (Phi) is 4.55. The number of fused-ring (bicyclic) bond motifs is 3. The van der Waals surface area contributed by atoms with Crippen molar-refractivity contribution < 1.29 is 4.79 Å². The van der Waals surface area contributed by atoms with Gasteiger partial charge in [0.05, 0.1) is 24.2 Å². The summed E-state index contributed by atoms with van der Waals surface area (Å²) in [7, 11) is 0. The maximum Gasteiger partial charge on any atom is 0.176 e. The monoisotopic (exact) mass is 395 g/mol. The molecule has 0 radical (unpaired) electrons. The smallest absolute Gasteiger partial charge is 0.176 e. The molecule has 4 rings (SSSR count). The zero-order valence-corrected chi connectivity index (χ0v) is 17.8. The molecule has 3 atom stereocenters. The highest BCUT2D eigenvalue weighted by Crippen LogP contribution is 2.56. The molecular weight excluding hydrogens is 370 g/mol. The van der Waals surface area contributed by atoms with Gasteiger partial charge in [-0.1, -0.05) is 81.0 Å². The lowest BCUT2D eigenvalue weighted by Crippen LogP contribution is -2.47. The predicted octanol–water partition coefficient (Wildman–Crippen LogP) is 5.01. The molecule has 1 fully saturated rings. The minimum Gasteiger partial charge on any atom is -0.351 e. The molecule has 30 heavy (non-hydrogen) atoms. The third-order valence-electron chi connectivity index (χ3n) is 6.32. The zero-order chi connectivity index (χ0) is 21.7. The molecule has 2 heterocycles. The van der Waals surface area contributed by atoms with Crippen LogP contribution in [0.4, 0.5) is 5.69 Å². The molecule has 2 aromatic rings. The van der Waals surface area contributed by atoms with Gasteiger partial charge in [0.2, 0.25) is 0 Å². The quantitative estimate of drug-likeness (QED) is 0.717. The van der Waals surface area contributed by atoms with E-state index in [2.05, 4.69) is 12.1 Å². The number of anilines is 1. The van der Waals surface area contributed by atoms with Crippen LogP contribution >= 0.6 is 0 Å². The Balaban J connectivity index is 2.04. The summed E-state index contributed by atoms with van der Waals surface area (Å²) in [6, 6.07) is 19.4. The van der Waals surface area contributed by atoms with Gasteiger partial charge in [0, 0.05) is 17.0 Å². The highest BCUT2D eigenvalue weighted by atomic mass is 16.1. The highest BCUT2D eigenvalue weighted by Gasteiger charge is 2.64. The van der Waals surface area contributed by atoms with Crippen LogP contribution in [0.5, 0.6) is 0 Å². The number of carbonyl (C=O) groups excluding carboxylic acids is 1. The van der Waals surface area contributed by atoms with Crippen molar-refractivity contribution in [2.24, 2.45) is 10.8 Å². The van der Waals surface area contributed by atoms with Gasteiger partial charge in [-0.2, -0.15) is 10.5 Å². The Hall–Kier alpha value is -3.37. The summed E-state index contributed by atoms with van der Waals surface area (Å²) >= 11 is 0. The fourth-order valence-corrected chi connectivity index (χ4v) is 4.92. The third kappa shape index (κ3) is 2.76. The summed E-state index contributed by atoms with van der Waals surface area (Å²) < 4.78 is 0. The van der Waals surface area contributed by atoms with Gasteiger partial charge in [0.25, 0.3) is 0 Å². The van der Waals surface area contributed by atoms with Gasteiger partial charge in [0.15, 0.2) is 11.2 Å². The fourth-order valence-electron chi connectivity index (χ4n) is 4.92. The molecule has 0 spiro atoms. The van der Waals surface area contributed by atoms with Crippen molar-refractivity contribution in [3.05, 3.63) is 71.3 Å². The lowest BCUT2D eigenvalue weighted by Gasteiger charge is -2.37. The molecule has 1 saturated heterocycles. The van der Waals surface area contributed by atoms with Gasteiger partial charge in [-0.25, -0.2) is 0 Å². The van der Waals surface area contributed by atoms with E-state index in [9.17, 15) is 15.3 Å².